The molecule has 2 aromatic heterocycles. The SMILES string of the molecule is Cc1nc2cc3nn2c(c1C(OC(C)(C)C)C(=O)O)N1CCC(C)(CC1)OCCCCC(C)Oc1ccc(F)c(F)c1CCC3. The number of nitrogens with zero attached hydrogens (tertiary/aromatic N) is 4. The summed E-state index contributed by atoms with van der Waals surface area (Å²) in [5, 5.41) is 15.3. The maximum atomic E-state index is 15.0. The van der Waals surface area contributed by atoms with E-state index in [4.69, 9.17) is 24.3 Å². The maximum Gasteiger partial charge on any atom is 0.337 e. The van der Waals surface area contributed by atoms with Gasteiger partial charge in [-0.05, 0) is 105 Å². The Morgan fingerprint density at radius 1 is 1.16 bits per heavy atom. The maximum absolute atomic E-state index is 15.0. The number of anilines is 1. The minimum atomic E-state index is -1.25. The van der Waals surface area contributed by atoms with Gasteiger partial charge in [0.2, 0.25) is 0 Å². The van der Waals surface area contributed by atoms with Gasteiger partial charge >= 0.3 is 5.97 Å². The molecule has 0 radical (unpaired) electrons. The van der Waals surface area contributed by atoms with Crippen LogP contribution in [0, 0.1) is 18.6 Å². The van der Waals surface area contributed by atoms with Crippen molar-refractivity contribution in [1.29, 1.82) is 0 Å². The Kier molecular flexibility index (Phi) is 9.70. The van der Waals surface area contributed by atoms with E-state index in [1.807, 2.05) is 33.8 Å². The Morgan fingerprint density at radius 3 is 2.58 bits per heavy atom. The fraction of sp³-hybridized carbons (Fsp3) is 0.618. The topological polar surface area (TPSA) is 98.4 Å². The number of fused-ring (bicyclic) bond motifs is 10. The zero-order valence-electron chi connectivity index (χ0n) is 27.3. The first-order valence-electron chi connectivity index (χ1n) is 16.1. The van der Waals surface area contributed by atoms with E-state index in [1.54, 1.807) is 11.4 Å². The van der Waals surface area contributed by atoms with Gasteiger partial charge in [-0.25, -0.2) is 18.6 Å². The average molecular weight is 629 g/mol. The highest BCUT2D eigenvalue weighted by Gasteiger charge is 2.37. The molecule has 0 spiro atoms. The summed E-state index contributed by atoms with van der Waals surface area (Å²) in [6.07, 6.45) is 3.87. The van der Waals surface area contributed by atoms with Crippen LogP contribution in [-0.4, -0.2) is 62.7 Å². The summed E-state index contributed by atoms with van der Waals surface area (Å²) < 4.78 is 49.7. The fourth-order valence-electron chi connectivity index (χ4n) is 6.31. The van der Waals surface area contributed by atoms with Gasteiger partial charge in [-0.15, -0.1) is 0 Å². The standard InChI is InChI=1S/C34H46F2N4O5/c1-21-10-7-8-19-43-34(6)15-17-39(18-16-34)31-28(30(32(41)42)45-33(3,4)5)22(2)37-27-20-23(38-40(27)31)11-9-12-24-26(44-21)14-13-25(35)29(24)36/h13-14,20-21,30H,7-12,15-19H2,1-6H3,(H,41,42). The van der Waals surface area contributed by atoms with E-state index in [0.717, 1.165) is 43.9 Å². The number of hydrogen-bond donors (Lipinski definition) is 1. The molecule has 2 unspecified atom stereocenters. The van der Waals surface area contributed by atoms with Gasteiger partial charge in [0.05, 0.1) is 28.6 Å². The van der Waals surface area contributed by atoms with Gasteiger partial charge < -0.3 is 24.2 Å². The molecule has 0 saturated carbocycles. The number of ether oxygens (including phenoxy) is 3. The van der Waals surface area contributed by atoms with Crippen molar-refractivity contribution < 1.29 is 32.9 Å². The third-order valence-corrected chi connectivity index (χ3v) is 8.73. The third-order valence-electron chi connectivity index (χ3n) is 8.73. The molecule has 6 rings (SSSR count). The lowest BCUT2D eigenvalue weighted by atomic mass is 9.92. The lowest BCUT2D eigenvalue weighted by Crippen LogP contribution is -2.46. The minimum absolute atomic E-state index is 0.157. The first kappa shape index (κ1) is 33.1. The van der Waals surface area contributed by atoms with Crippen LogP contribution in [0.25, 0.3) is 5.65 Å². The van der Waals surface area contributed by atoms with Crippen LogP contribution in [0.15, 0.2) is 18.2 Å². The highest BCUT2D eigenvalue weighted by molar-refractivity contribution is 5.78. The molecule has 4 bridgehead atoms. The first-order chi connectivity index (χ1) is 21.2. The predicted octanol–water partition coefficient (Wildman–Crippen LogP) is 6.76. The third kappa shape index (κ3) is 7.57. The number of carboxylic acids is 1. The van der Waals surface area contributed by atoms with Gasteiger partial charge in [-0.1, -0.05) is 0 Å². The molecule has 246 valence electrons. The molecular weight excluding hydrogens is 582 g/mol. The number of hydrogen-bond acceptors (Lipinski definition) is 7. The second kappa shape index (κ2) is 13.2. The minimum Gasteiger partial charge on any atom is -0.490 e. The van der Waals surface area contributed by atoms with Crippen molar-refractivity contribution in [2.24, 2.45) is 0 Å². The first-order valence-corrected chi connectivity index (χ1v) is 16.1. The van der Waals surface area contributed by atoms with Crippen molar-refractivity contribution in [3.8, 4) is 5.75 Å². The molecular formula is C34H46F2N4O5. The number of aromatic nitrogens is 3. The summed E-state index contributed by atoms with van der Waals surface area (Å²) in [4.78, 5) is 19.6. The lowest BCUT2D eigenvalue weighted by molar-refractivity contribution is -0.160. The number of carboxylic acid groups (broad SMARTS) is 1. The molecule has 11 heteroatoms. The van der Waals surface area contributed by atoms with Crippen LogP contribution in [-0.2, 0) is 27.1 Å². The van der Waals surface area contributed by atoms with Gasteiger partial charge in [0.1, 0.15) is 11.6 Å². The average Bonchev–Trinajstić information content (AvgIpc) is 3.36. The van der Waals surface area contributed by atoms with Crippen molar-refractivity contribution in [3.63, 3.8) is 0 Å². The summed E-state index contributed by atoms with van der Waals surface area (Å²) in [5.41, 5.74) is 1.53. The van der Waals surface area contributed by atoms with Crippen LogP contribution in [0.3, 0.4) is 0 Å². The van der Waals surface area contributed by atoms with Gasteiger partial charge in [-0.2, -0.15) is 9.61 Å². The van der Waals surface area contributed by atoms with Gasteiger partial charge in [0.25, 0.3) is 0 Å². The van der Waals surface area contributed by atoms with E-state index in [0.29, 0.717) is 61.0 Å². The monoisotopic (exact) mass is 628 g/mol. The van der Waals surface area contributed by atoms with Crippen LogP contribution < -0.4 is 9.64 Å². The summed E-state index contributed by atoms with van der Waals surface area (Å²) in [7, 11) is 0. The van der Waals surface area contributed by atoms with E-state index >= 15 is 4.39 Å². The van der Waals surface area contributed by atoms with Crippen LogP contribution in [0.4, 0.5) is 14.6 Å². The largest absolute Gasteiger partial charge is 0.490 e. The van der Waals surface area contributed by atoms with Crippen molar-refractivity contribution in [2.45, 2.75) is 116 Å². The number of rotatable bonds is 3. The molecule has 1 N–H and O–H groups in total. The summed E-state index contributed by atoms with van der Waals surface area (Å²) in [5.74, 6) is -1.87. The van der Waals surface area contributed by atoms with E-state index in [-0.39, 0.29) is 23.7 Å². The van der Waals surface area contributed by atoms with E-state index in [2.05, 4.69) is 11.8 Å². The molecule has 45 heavy (non-hydrogen) atoms. The number of aliphatic carboxylic acids is 1. The Balaban J connectivity index is 1.57. The number of carbonyl (C=O) groups is 1. The van der Waals surface area contributed by atoms with Crippen LogP contribution in [0.2, 0.25) is 0 Å². The van der Waals surface area contributed by atoms with Gasteiger partial charge in [0.15, 0.2) is 23.4 Å². The Hall–Kier alpha value is -3.31. The molecule has 1 aromatic carbocycles. The Bertz CT molecular complexity index is 1530. The van der Waals surface area contributed by atoms with Crippen LogP contribution >= 0.6 is 0 Å². The number of piperidine rings is 1. The highest BCUT2D eigenvalue weighted by atomic mass is 19.2. The summed E-state index contributed by atoms with van der Waals surface area (Å²) in [6, 6.07) is 4.50. The second-order valence-corrected chi connectivity index (χ2v) is 13.7. The van der Waals surface area contributed by atoms with Crippen molar-refractivity contribution >= 4 is 17.4 Å². The molecule has 1 fully saturated rings. The molecule has 3 aliphatic heterocycles. The quantitative estimate of drug-likeness (QED) is 0.340. The summed E-state index contributed by atoms with van der Waals surface area (Å²) in [6.45, 7) is 13.3. The molecule has 1 saturated heterocycles. The normalized spacial score (nSPS) is 22.7. The molecule has 0 aliphatic carbocycles. The lowest BCUT2D eigenvalue weighted by Gasteiger charge is -2.41. The zero-order chi connectivity index (χ0) is 32.5. The van der Waals surface area contributed by atoms with Crippen LogP contribution in [0.5, 0.6) is 5.75 Å². The van der Waals surface area contributed by atoms with Crippen molar-refractivity contribution in [1.82, 2.24) is 14.6 Å². The van der Waals surface area contributed by atoms with Crippen LogP contribution in [0.1, 0.15) is 102 Å². The van der Waals surface area contributed by atoms with Crippen molar-refractivity contribution in [3.05, 3.63) is 52.3 Å². The number of aryl methyl sites for hydroxylation is 2. The molecule has 5 heterocycles. The fourth-order valence-corrected chi connectivity index (χ4v) is 6.31. The molecule has 2 atom stereocenters. The zero-order valence-corrected chi connectivity index (χ0v) is 27.3. The Labute approximate surface area is 263 Å². The number of benzene rings is 1. The van der Waals surface area contributed by atoms with E-state index < -0.39 is 29.3 Å². The number of halogens is 2. The summed E-state index contributed by atoms with van der Waals surface area (Å²) >= 11 is 0. The van der Waals surface area contributed by atoms with E-state index in [1.165, 1.54) is 6.07 Å². The molecule has 3 aromatic rings. The second-order valence-electron chi connectivity index (χ2n) is 13.7. The Morgan fingerprint density at radius 2 is 1.89 bits per heavy atom. The molecule has 9 nitrogen and oxygen atoms in total. The smallest absolute Gasteiger partial charge is 0.337 e. The van der Waals surface area contributed by atoms with E-state index in [9.17, 15) is 14.3 Å². The molecule has 0 amide bonds. The predicted molar refractivity (Wildman–Crippen MR) is 167 cm³/mol. The van der Waals surface area contributed by atoms with Gasteiger partial charge in [-0.3, -0.25) is 0 Å². The highest BCUT2D eigenvalue weighted by Crippen LogP contribution is 2.38. The van der Waals surface area contributed by atoms with Crippen molar-refractivity contribution in [2.75, 3.05) is 24.6 Å². The van der Waals surface area contributed by atoms with Gasteiger partial charge in [0, 0.05) is 37.0 Å². The molecule has 3 aliphatic rings.